The number of methoxy groups -OCH3 is 3. The highest BCUT2D eigenvalue weighted by Crippen LogP contribution is 2.32. The number of phenols is 1. The van der Waals surface area contributed by atoms with Gasteiger partial charge in [0.1, 0.15) is 11.5 Å². The average Bonchev–Trinajstić information content (AvgIpc) is 2.66. The molecule has 1 fully saturated rings. The van der Waals surface area contributed by atoms with Crippen molar-refractivity contribution in [3.05, 3.63) is 54.6 Å². The van der Waals surface area contributed by atoms with Crippen LogP contribution in [-0.4, -0.2) is 38.9 Å². The first-order chi connectivity index (χ1) is 12.0. The summed E-state index contributed by atoms with van der Waals surface area (Å²) in [5.41, 5.74) is 1.40. The van der Waals surface area contributed by atoms with E-state index in [1.165, 1.54) is 7.11 Å². The average molecular weight is 343 g/mol. The lowest BCUT2D eigenvalue weighted by atomic mass is 10.1. The molecule has 132 valence electrons. The van der Waals surface area contributed by atoms with Crippen LogP contribution in [0.1, 0.15) is 0 Å². The Morgan fingerprint density at radius 1 is 1.00 bits per heavy atom. The topological polar surface area (TPSA) is 68.2 Å². The van der Waals surface area contributed by atoms with Crippen molar-refractivity contribution in [3.63, 3.8) is 0 Å². The normalized spacial score (nSPS) is 12.7. The van der Waals surface area contributed by atoms with E-state index in [4.69, 9.17) is 19.3 Å². The van der Waals surface area contributed by atoms with Gasteiger partial charge in [-0.1, -0.05) is 18.7 Å². The molecule has 6 nitrogen and oxygen atoms in total. The summed E-state index contributed by atoms with van der Waals surface area (Å²) in [7, 11) is 4.68. The number of carbonyl (C=O) groups is 1. The molecule has 3 rings (SSSR count). The second-order valence-electron chi connectivity index (χ2n) is 5.24. The lowest BCUT2D eigenvalue weighted by Gasteiger charge is -2.32. The third kappa shape index (κ3) is 4.23. The van der Waals surface area contributed by atoms with Gasteiger partial charge in [-0.3, -0.25) is 4.79 Å². The van der Waals surface area contributed by atoms with Gasteiger partial charge >= 0.3 is 0 Å². The third-order valence-corrected chi connectivity index (χ3v) is 3.63. The molecule has 1 aliphatic heterocycles. The van der Waals surface area contributed by atoms with Gasteiger partial charge in [0.2, 0.25) is 0 Å². The van der Waals surface area contributed by atoms with Crippen LogP contribution in [0.2, 0.25) is 0 Å². The van der Waals surface area contributed by atoms with Crippen LogP contribution >= 0.6 is 0 Å². The maximum Gasteiger partial charge on any atom is 0.255 e. The number of hydrogen-bond donors (Lipinski definition) is 1. The zero-order chi connectivity index (χ0) is 18.4. The van der Waals surface area contributed by atoms with Gasteiger partial charge in [0.05, 0.1) is 33.6 Å². The van der Waals surface area contributed by atoms with Crippen molar-refractivity contribution in [2.75, 3.05) is 32.8 Å². The predicted octanol–water partition coefficient (Wildman–Crippen LogP) is 3.01. The fourth-order valence-electron chi connectivity index (χ4n) is 2.22. The van der Waals surface area contributed by atoms with Gasteiger partial charge in [-0.05, 0) is 12.1 Å². The molecule has 0 radical (unpaired) electrons. The molecule has 1 saturated heterocycles. The minimum absolute atomic E-state index is 0.0460. The zero-order valence-electron chi connectivity index (χ0n) is 14.5. The Hall–Kier alpha value is -3.15. The number of ether oxygens (including phenoxy) is 3. The molecule has 0 unspecified atom stereocenters. The van der Waals surface area contributed by atoms with E-state index in [1.807, 2.05) is 0 Å². The number of benzene rings is 2. The van der Waals surface area contributed by atoms with E-state index in [9.17, 15) is 4.79 Å². The largest absolute Gasteiger partial charge is 0.504 e. The van der Waals surface area contributed by atoms with Crippen LogP contribution in [0, 0.1) is 0 Å². The second-order valence-corrected chi connectivity index (χ2v) is 5.24. The van der Waals surface area contributed by atoms with Gasteiger partial charge in [-0.2, -0.15) is 0 Å². The summed E-state index contributed by atoms with van der Waals surface area (Å²) in [6.45, 7) is 4.21. The van der Waals surface area contributed by atoms with E-state index in [1.54, 1.807) is 61.6 Å². The van der Waals surface area contributed by atoms with Crippen LogP contribution in [0.5, 0.6) is 23.0 Å². The molecule has 0 spiro atoms. The molecule has 2 aromatic carbocycles. The maximum atomic E-state index is 11.5. The highest BCUT2D eigenvalue weighted by Gasteiger charge is 2.30. The molecule has 0 aromatic heterocycles. The number of carbonyl (C=O) groups excluding carboxylic acids is 1. The molecule has 1 amide bonds. The maximum absolute atomic E-state index is 11.5. The Kier molecular flexibility index (Phi) is 5.89. The van der Waals surface area contributed by atoms with Crippen molar-refractivity contribution >= 4 is 11.6 Å². The molecular weight excluding hydrogens is 322 g/mol. The summed E-state index contributed by atoms with van der Waals surface area (Å²) in [6.07, 6.45) is 0. The van der Waals surface area contributed by atoms with Crippen molar-refractivity contribution in [1.82, 2.24) is 0 Å². The predicted molar refractivity (Wildman–Crippen MR) is 95.7 cm³/mol. The van der Waals surface area contributed by atoms with Crippen LogP contribution < -0.4 is 19.1 Å². The minimum atomic E-state index is -0.0460. The molecular formula is C19H21NO5. The van der Waals surface area contributed by atoms with Crippen LogP contribution in [0.15, 0.2) is 54.6 Å². The Morgan fingerprint density at radius 3 is 2.00 bits per heavy atom. The second kappa shape index (κ2) is 8.10. The number of phenolic OH excluding ortho intramolecular Hbond substituents is 1. The number of hydrogen-bond acceptors (Lipinski definition) is 5. The first kappa shape index (κ1) is 18.2. The van der Waals surface area contributed by atoms with Gasteiger partial charge in [0.15, 0.2) is 11.5 Å². The number of rotatable bonds is 4. The van der Waals surface area contributed by atoms with Crippen molar-refractivity contribution < 1.29 is 24.1 Å². The highest BCUT2D eigenvalue weighted by molar-refractivity contribution is 6.13. The smallest absolute Gasteiger partial charge is 0.255 e. The Balaban J connectivity index is 0.000000212. The molecule has 1 heterocycles. The minimum Gasteiger partial charge on any atom is -0.504 e. The molecule has 1 N–H and O–H groups in total. The lowest BCUT2D eigenvalue weighted by molar-refractivity contribution is -0.117. The van der Waals surface area contributed by atoms with Gasteiger partial charge in [0, 0.05) is 23.8 Å². The first-order valence-electron chi connectivity index (χ1n) is 7.54. The Morgan fingerprint density at radius 2 is 1.60 bits per heavy atom. The van der Waals surface area contributed by atoms with Gasteiger partial charge in [0.25, 0.3) is 5.91 Å². The first-order valence-corrected chi connectivity index (χ1v) is 7.54. The number of β-lactam (4-membered cyclic amide) rings is 1. The zero-order valence-corrected chi connectivity index (χ0v) is 14.5. The third-order valence-electron chi connectivity index (χ3n) is 3.63. The SMILES string of the molecule is C=C1CN(c2cc(OC)cc(OC)c2)C1=O.COc1ccccc1O. The number of para-hydroxylation sites is 2. The Bertz CT molecular complexity index is 750. The summed E-state index contributed by atoms with van der Waals surface area (Å²) in [5.74, 6) is 1.98. The highest BCUT2D eigenvalue weighted by atomic mass is 16.5. The van der Waals surface area contributed by atoms with Crippen molar-refractivity contribution in [2.24, 2.45) is 0 Å². The fraction of sp³-hybridized carbons (Fsp3) is 0.211. The summed E-state index contributed by atoms with van der Waals surface area (Å²) >= 11 is 0. The summed E-state index contributed by atoms with van der Waals surface area (Å²) in [6, 6.07) is 12.2. The van der Waals surface area contributed by atoms with E-state index in [0.717, 1.165) is 5.69 Å². The van der Waals surface area contributed by atoms with Crippen LogP contribution in [0.25, 0.3) is 0 Å². The molecule has 25 heavy (non-hydrogen) atoms. The number of nitrogens with zero attached hydrogens (tertiary/aromatic N) is 1. The molecule has 0 aliphatic carbocycles. The monoisotopic (exact) mass is 343 g/mol. The Labute approximate surface area is 146 Å². The number of anilines is 1. The quantitative estimate of drug-likeness (QED) is 0.683. The van der Waals surface area contributed by atoms with Crippen LogP contribution in [0.4, 0.5) is 5.69 Å². The fourth-order valence-corrected chi connectivity index (χ4v) is 2.22. The van der Waals surface area contributed by atoms with Gasteiger partial charge < -0.3 is 24.2 Å². The molecule has 1 aliphatic rings. The number of amides is 1. The molecule has 0 saturated carbocycles. The van der Waals surface area contributed by atoms with Gasteiger partial charge in [-0.25, -0.2) is 0 Å². The summed E-state index contributed by atoms with van der Waals surface area (Å²) in [5, 5.41) is 8.99. The molecule has 6 heteroatoms. The molecule has 2 aromatic rings. The van der Waals surface area contributed by atoms with Crippen molar-refractivity contribution in [3.8, 4) is 23.0 Å². The van der Waals surface area contributed by atoms with Crippen molar-refractivity contribution in [1.29, 1.82) is 0 Å². The summed E-state index contributed by atoms with van der Waals surface area (Å²) < 4.78 is 15.1. The number of aromatic hydroxyl groups is 1. The molecule has 0 atom stereocenters. The lowest BCUT2D eigenvalue weighted by Crippen LogP contribution is -2.45. The van der Waals surface area contributed by atoms with Crippen molar-refractivity contribution in [2.45, 2.75) is 0 Å². The van der Waals surface area contributed by atoms with Crippen LogP contribution in [-0.2, 0) is 4.79 Å². The van der Waals surface area contributed by atoms with E-state index in [0.29, 0.717) is 29.4 Å². The van der Waals surface area contributed by atoms with Gasteiger partial charge in [-0.15, -0.1) is 0 Å². The summed E-state index contributed by atoms with van der Waals surface area (Å²) in [4.78, 5) is 13.1. The van der Waals surface area contributed by atoms with E-state index in [2.05, 4.69) is 6.58 Å². The van der Waals surface area contributed by atoms with E-state index >= 15 is 0 Å². The van der Waals surface area contributed by atoms with E-state index < -0.39 is 0 Å². The van der Waals surface area contributed by atoms with E-state index in [-0.39, 0.29) is 11.7 Å². The van der Waals surface area contributed by atoms with Crippen LogP contribution in [0.3, 0.4) is 0 Å². The standard InChI is InChI=1S/C12H13NO3.C7H8O2/c1-8-7-13(12(8)14)9-4-10(15-2)6-11(5-9)16-3;1-9-7-5-3-2-4-6(7)8/h4-6H,1,7H2,2-3H3;2-5,8H,1H3. The molecule has 0 bridgehead atoms.